The zero-order valence-corrected chi connectivity index (χ0v) is 18.8. The Bertz CT molecular complexity index is 1140. The number of pyridine rings is 1. The number of aliphatic hydroxyl groups is 1. The highest BCUT2D eigenvalue weighted by Crippen LogP contribution is 2.32. The second kappa shape index (κ2) is 9.97. The van der Waals surface area contributed by atoms with Crippen molar-refractivity contribution in [1.29, 1.82) is 0 Å². The summed E-state index contributed by atoms with van der Waals surface area (Å²) in [6, 6.07) is 6.22. The van der Waals surface area contributed by atoms with Crippen LogP contribution in [-0.2, 0) is 26.1 Å². The van der Waals surface area contributed by atoms with E-state index < -0.39 is 17.8 Å². The van der Waals surface area contributed by atoms with Gasteiger partial charge in [0.1, 0.15) is 0 Å². The van der Waals surface area contributed by atoms with Crippen molar-refractivity contribution in [2.75, 3.05) is 0 Å². The smallest absolute Gasteiger partial charge is 0.391 e. The molecule has 2 atom stereocenters. The number of halogens is 3. The summed E-state index contributed by atoms with van der Waals surface area (Å²) in [5.74, 6) is -0.357. The number of alkyl halides is 3. The molecule has 1 fully saturated rings. The quantitative estimate of drug-likeness (QED) is 0.560. The van der Waals surface area contributed by atoms with Gasteiger partial charge in [0.05, 0.1) is 29.6 Å². The third kappa shape index (κ3) is 5.47. The molecule has 0 spiro atoms. The number of nitrogens with zero attached hydrogens (tertiary/aromatic N) is 3. The molecule has 0 saturated heterocycles. The van der Waals surface area contributed by atoms with E-state index in [2.05, 4.69) is 15.3 Å². The number of aliphatic hydroxyl groups excluding tert-OH is 1. The van der Waals surface area contributed by atoms with Gasteiger partial charge in [-0.3, -0.25) is 9.78 Å². The standard InChI is InChI=1S/C25H27F3N4O2/c1-32-15-29-14-19(32)10-11-21-20(16-6-8-18(9-7-16)25(26,27)28)12-17(13-30-21)24(34)31-22-4-2-3-5-23(22)33/h6-9,12-15,22-23,33H,2-5,10-11H2,1H3,(H,31,34)/t22-,23-/m1/s1. The number of amides is 1. The molecule has 0 unspecified atom stereocenters. The fraction of sp³-hybridized carbons (Fsp3) is 0.400. The average Bonchev–Trinajstić information content (AvgIpc) is 3.23. The molecule has 1 saturated carbocycles. The molecule has 1 amide bonds. The molecule has 4 rings (SSSR count). The van der Waals surface area contributed by atoms with Crippen LogP contribution in [0.15, 0.2) is 49.1 Å². The third-order valence-corrected chi connectivity index (χ3v) is 6.34. The molecule has 1 aromatic carbocycles. The van der Waals surface area contributed by atoms with Crippen LogP contribution in [0.3, 0.4) is 0 Å². The maximum Gasteiger partial charge on any atom is 0.416 e. The van der Waals surface area contributed by atoms with E-state index in [0.29, 0.717) is 48.1 Å². The van der Waals surface area contributed by atoms with E-state index >= 15 is 0 Å². The van der Waals surface area contributed by atoms with Gasteiger partial charge in [-0.25, -0.2) is 4.98 Å². The number of imidazole rings is 1. The van der Waals surface area contributed by atoms with E-state index in [9.17, 15) is 23.1 Å². The molecule has 2 heterocycles. The summed E-state index contributed by atoms with van der Waals surface area (Å²) < 4.78 is 41.0. The van der Waals surface area contributed by atoms with Crippen molar-refractivity contribution in [3.05, 3.63) is 71.6 Å². The second-order valence-electron chi connectivity index (χ2n) is 8.72. The largest absolute Gasteiger partial charge is 0.416 e. The number of carbonyl (C=O) groups is 1. The summed E-state index contributed by atoms with van der Waals surface area (Å²) in [5, 5.41) is 13.1. The van der Waals surface area contributed by atoms with Crippen LogP contribution in [0.4, 0.5) is 13.2 Å². The third-order valence-electron chi connectivity index (χ3n) is 6.34. The predicted molar refractivity (Wildman–Crippen MR) is 121 cm³/mol. The number of carbonyl (C=O) groups excluding carboxylic acids is 1. The number of benzene rings is 1. The van der Waals surface area contributed by atoms with Gasteiger partial charge < -0.3 is 15.0 Å². The molecule has 0 bridgehead atoms. The molecular weight excluding hydrogens is 445 g/mol. The predicted octanol–water partition coefficient (Wildman–Crippen LogP) is 4.32. The molecule has 0 radical (unpaired) electrons. The Morgan fingerprint density at radius 1 is 1.15 bits per heavy atom. The molecular formula is C25H27F3N4O2. The summed E-state index contributed by atoms with van der Waals surface area (Å²) in [6.45, 7) is 0. The van der Waals surface area contributed by atoms with Crippen molar-refractivity contribution >= 4 is 5.91 Å². The molecule has 180 valence electrons. The lowest BCUT2D eigenvalue weighted by Crippen LogP contribution is -2.45. The fourth-order valence-electron chi connectivity index (χ4n) is 4.31. The van der Waals surface area contributed by atoms with Crippen molar-refractivity contribution in [1.82, 2.24) is 19.9 Å². The Morgan fingerprint density at radius 2 is 1.88 bits per heavy atom. The Balaban J connectivity index is 1.63. The van der Waals surface area contributed by atoms with E-state index in [-0.39, 0.29) is 11.9 Å². The van der Waals surface area contributed by atoms with Crippen LogP contribution in [0.5, 0.6) is 0 Å². The summed E-state index contributed by atoms with van der Waals surface area (Å²) in [6.07, 6.45) is 4.30. The van der Waals surface area contributed by atoms with Crippen LogP contribution in [-0.4, -0.2) is 37.7 Å². The topological polar surface area (TPSA) is 80.0 Å². The van der Waals surface area contributed by atoms with Crippen LogP contribution in [0, 0.1) is 0 Å². The first-order valence-electron chi connectivity index (χ1n) is 11.3. The molecule has 3 aromatic rings. The molecule has 9 heteroatoms. The van der Waals surface area contributed by atoms with Crippen molar-refractivity contribution < 1.29 is 23.1 Å². The van der Waals surface area contributed by atoms with Crippen molar-refractivity contribution in [2.24, 2.45) is 7.05 Å². The highest BCUT2D eigenvalue weighted by Gasteiger charge is 2.30. The Morgan fingerprint density at radius 3 is 2.53 bits per heavy atom. The van der Waals surface area contributed by atoms with Gasteiger partial charge in [-0.1, -0.05) is 25.0 Å². The molecule has 6 nitrogen and oxygen atoms in total. The Kier molecular flexibility index (Phi) is 7.02. The molecule has 0 aliphatic heterocycles. The lowest BCUT2D eigenvalue weighted by molar-refractivity contribution is -0.137. The van der Waals surface area contributed by atoms with Gasteiger partial charge >= 0.3 is 6.18 Å². The highest BCUT2D eigenvalue weighted by molar-refractivity contribution is 5.95. The number of nitrogens with one attached hydrogen (secondary N) is 1. The average molecular weight is 473 g/mol. The Labute approximate surface area is 195 Å². The first-order chi connectivity index (χ1) is 16.2. The minimum Gasteiger partial charge on any atom is -0.391 e. The van der Waals surface area contributed by atoms with E-state index in [4.69, 9.17) is 0 Å². The number of hydrogen-bond donors (Lipinski definition) is 2. The first kappa shape index (κ1) is 23.9. The van der Waals surface area contributed by atoms with Crippen molar-refractivity contribution in [2.45, 2.75) is 56.8 Å². The van der Waals surface area contributed by atoms with Gasteiger partial charge in [0, 0.05) is 36.4 Å². The van der Waals surface area contributed by atoms with Crippen molar-refractivity contribution in [3.63, 3.8) is 0 Å². The van der Waals surface area contributed by atoms with Gasteiger partial charge in [-0.05, 0) is 49.4 Å². The van der Waals surface area contributed by atoms with E-state index in [1.54, 1.807) is 18.6 Å². The van der Waals surface area contributed by atoms with Crippen LogP contribution >= 0.6 is 0 Å². The van der Waals surface area contributed by atoms with Gasteiger partial charge in [0.2, 0.25) is 0 Å². The second-order valence-corrected chi connectivity index (χ2v) is 8.72. The van der Waals surface area contributed by atoms with E-state index in [0.717, 1.165) is 30.7 Å². The molecule has 34 heavy (non-hydrogen) atoms. The van der Waals surface area contributed by atoms with Crippen molar-refractivity contribution in [3.8, 4) is 11.1 Å². The molecule has 1 aliphatic rings. The van der Waals surface area contributed by atoms with Gasteiger partial charge in [0.25, 0.3) is 5.91 Å². The number of rotatable bonds is 6. The van der Waals surface area contributed by atoms with Crippen LogP contribution < -0.4 is 5.32 Å². The van der Waals surface area contributed by atoms with Gasteiger partial charge in [0.15, 0.2) is 0 Å². The number of hydrogen-bond acceptors (Lipinski definition) is 4. The monoisotopic (exact) mass is 472 g/mol. The maximum absolute atomic E-state index is 13.0. The minimum atomic E-state index is -4.43. The SMILES string of the molecule is Cn1cncc1CCc1ncc(C(=O)N[C@@H]2CCCC[C@H]2O)cc1-c1ccc(C(F)(F)F)cc1. The van der Waals surface area contributed by atoms with E-state index in [1.807, 2.05) is 11.6 Å². The fourth-order valence-corrected chi connectivity index (χ4v) is 4.31. The summed E-state index contributed by atoms with van der Waals surface area (Å²) in [5.41, 5.74) is 2.39. The zero-order valence-electron chi connectivity index (χ0n) is 18.8. The highest BCUT2D eigenvalue weighted by atomic mass is 19.4. The van der Waals surface area contributed by atoms with Gasteiger partial charge in [-0.15, -0.1) is 0 Å². The zero-order chi connectivity index (χ0) is 24.3. The van der Waals surface area contributed by atoms with E-state index in [1.165, 1.54) is 18.3 Å². The van der Waals surface area contributed by atoms with Crippen LogP contribution in [0.25, 0.3) is 11.1 Å². The lowest BCUT2D eigenvalue weighted by Gasteiger charge is -2.28. The van der Waals surface area contributed by atoms with Crippen LogP contribution in [0.1, 0.15) is 53.0 Å². The number of aryl methyl sites for hydroxylation is 3. The maximum atomic E-state index is 13.0. The molecule has 2 N–H and O–H groups in total. The van der Waals surface area contributed by atoms with Crippen LogP contribution in [0.2, 0.25) is 0 Å². The normalized spacial score (nSPS) is 18.6. The molecule has 1 aliphatic carbocycles. The summed E-state index contributed by atoms with van der Waals surface area (Å²) >= 11 is 0. The summed E-state index contributed by atoms with van der Waals surface area (Å²) in [7, 11) is 1.89. The molecule has 2 aromatic heterocycles. The first-order valence-corrected chi connectivity index (χ1v) is 11.3. The summed E-state index contributed by atoms with van der Waals surface area (Å²) in [4.78, 5) is 21.5. The minimum absolute atomic E-state index is 0.303. The van der Waals surface area contributed by atoms with Gasteiger partial charge in [-0.2, -0.15) is 13.2 Å². The Hall–Kier alpha value is -3.20. The number of aromatic nitrogens is 3. The lowest BCUT2D eigenvalue weighted by atomic mass is 9.92.